The number of pyridine rings is 1. The normalized spacial score (nSPS) is 17.3. The molecule has 0 aromatic carbocycles. The number of likely N-dealkylation sites (tertiary alicyclic amines) is 1. The summed E-state index contributed by atoms with van der Waals surface area (Å²) in [4.78, 5) is 27.8. The summed E-state index contributed by atoms with van der Waals surface area (Å²) in [6.45, 7) is 6.59. The molecule has 1 saturated heterocycles. The van der Waals surface area contributed by atoms with Crippen molar-refractivity contribution in [2.75, 3.05) is 11.9 Å². The zero-order chi connectivity index (χ0) is 17.1. The Labute approximate surface area is 142 Å². The Morgan fingerprint density at radius 1 is 1.29 bits per heavy atom. The van der Waals surface area contributed by atoms with E-state index in [-0.39, 0.29) is 17.9 Å². The van der Waals surface area contributed by atoms with E-state index in [1.54, 1.807) is 12.4 Å². The Morgan fingerprint density at radius 3 is 2.83 bits per heavy atom. The van der Waals surface area contributed by atoms with Crippen molar-refractivity contribution < 1.29 is 4.79 Å². The molecule has 24 heavy (non-hydrogen) atoms. The Morgan fingerprint density at radius 2 is 2.08 bits per heavy atom. The van der Waals surface area contributed by atoms with Crippen molar-refractivity contribution in [2.24, 2.45) is 5.92 Å². The standard InChI is InChI=1S/C18H23N5O/c1-12(2)18(24)23-11-5-7-14(23)16-17(20-10-9-19-16)22-15-8-4-6-13(3)21-15/h4,6,8-10,12,14H,5,7,11H2,1-3H3,(H,20,21,22)/t14-/m0/s1. The monoisotopic (exact) mass is 325 g/mol. The minimum absolute atomic E-state index is 0.0166. The molecule has 6 nitrogen and oxygen atoms in total. The maximum Gasteiger partial charge on any atom is 0.225 e. The number of carbonyl (C=O) groups excluding carboxylic acids is 1. The van der Waals surface area contributed by atoms with Crippen molar-refractivity contribution in [3.63, 3.8) is 0 Å². The van der Waals surface area contributed by atoms with Crippen molar-refractivity contribution in [1.82, 2.24) is 19.9 Å². The number of hydrogen-bond acceptors (Lipinski definition) is 5. The Balaban J connectivity index is 1.90. The second-order valence-corrected chi connectivity index (χ2v) is 6.42. The number of aromatic nitrogens is 3. The highest BCUT2D eigenvalue weighted by Crippen LogP contribution is 2.35. The maximum atomic E-state index is 12.5. The number of anilines is 2. The third kappa shape index (κ3) is 3.37. The molecule has 0 radical (unpaired) electrons. The molecule has 1 N–H and O–H groups in total. The predicted octanol–water partition coefficient (Wildman–Crippen LogP) is 3.24. The molecule has 1 aliphatic rings. The van der Waals surface area contributed by atoms with E-state index in [1.165, 1.54) is 0 Å². The Kier molecular flexibility index (Phi) is 4.74. The number of nitrogens with zero attached hydrogens (tertiary/aromatic N) is 4. The van der Waals surface area contributed by atoms with Crippen LogP contribution in [0.2, 0.25) is 0 Å². The lowest BCUT2D eigenvalue weighted by Crippen LogP contribution is -2.34. The smallest absolute Gasteiger partial charge is 0.225 e. The molecule has 0 unspecified atom stereocenters. The molecule has 1 amide bonds. The van der Waals surface area contributed by atoms with Crippen LogP contribution in [-0.4, -0.2) is 32.3 Å². The van der Waals surface area contributed by atoms with Gasteiger partial charge in [0.25, 0.3) is 0 Å². The molecule has 1 aliphatic heterocycles. The first kappa shape index (κ1) is 16.4. The molecular formula is C18H23N5O. The fourth-order valence-electron chi connectivity index (χ4n) is 3.07. The first-order valence-corrected chi connectivity index (χ1v) is 8.38. The summed E-state index contributed by atoms with van der Waals surface area (Å²) in [6.07, 6.45) is 5.24. The van der Waals surface area contributed by atoms with Gasteiger partial charge in [0.2, 0.25) is 5.91 Å². The summed E-state index contributed by atoms with van der Waals surface area (Å²) in [6, 6.07) is 5.77. The van der Waals surface area contributed by atoms with E-state index in [4.69, 9.17) is 0 Å². The third-order valence-corrected chi connectivity index (χ3v) is 4.21. The largest absolute Gasteiger partial charge is 0.334 e. The zero-order valence-corrected chi connectivity index (χ0v) is 14.4. The number of carbonyl (C=O) groups is 1. The van der Waals surface area contributed by atoms with Crippen LogP contribution >= 0.6 is 0 Å². The highest BCUT2D eigenvalue weighted by molar-refractivity contribution is 5.79. The molecule has 0 spiro atoms. The third-order valence-electron chi connectivity index (χ3n) is 4.21. The fourth-order valence-corrected chi connectivity index (χ4v) is 3.07. The number of nitrogens with one attached hydrogen (secondary N) is 1. The van der Waals surface area contributed by atoms with Gasteiger partial charge in [-0.05, 0) is 31.9 Å². The molecule has 2 aromatic heterocycles. The molecule has 0 bridgehead atoms. The maximum absolute atomic E-state index is 12.5. The molecular weight excluding hydrogens is 302 g/mol. The van der Waals surface area contributed by atoms with Gasteiger partial charge in [-0.25, -0.2) is 9.97 Å². The second kappa shape index (κ2) is 6.95. The van der Waals surface area contributed by atoms with Crippen LogP contribution in [-0.2, 0) is 4.79 Å². The van der Waals surface area contributed by atoms with Gasteiger partial charge >= 0.3 is 0 Å². The van der Waals surface area contributed by atoms with Gasteiger partial charge in [-0.15, -0.1) is 0 Å². The first-order chi connectivity index (χ1) is 11.6. The van der Waals surface area contributed by atoms with Crippen molar-refractivity contribution in [3.8, 4) is 0 Å². The van der Waals surface area contributed by atoms with Crippen LogP contribution in [0.25, 0.3) is 0 Å². The zero-order valence-electron chi connectivity index (χ0n) is 14.4. The molecule has 6 heteroatoms. The van der Waals surface area contributed by atoms with Gasteiger partial charge in [0.1, 0.15) is 11.5 Å². The fraction of sp³-hybridized carbons (Fsp3) is 0.444. The van der Waals surface area contributed by atoms with Crippen LogP contribution < -0.4 is 5.32 Å². The van der Waals surface area contributed by atoms with E-state index in [1.807, 2.05) is 43.9 Å². The summed E-state index contributed by atoms with van der Waals surface area (Å²) in [5.41, 5.74) is 1.75. The number of aryl methyl sites for hydroxylation is 1. The number of hydrogen-bond donors (Lipinski definition) is 1. The van der Waals surface area contributed by atoms with Gasteiger partial charge in [0.15, 0.2) is 5.82 Å². The van der Waals surface area contributed by atoms with Crippen molar-refractivity contribution >= 4 is 17.5 Å². The SMILES string of the molecule is Cc1cccc(Nc2nccnc2[C@@H]2CCCN2C(=O)C(C)C)n1. The number of rotatable bonds is 4. The van der Waals surface area contributed by atoms with Gasteiger partial charge in [0.05, 0.1) is 6.04 Å². The highest BCUT2D eigenvalue weighted by atomic mass is 16.2. The lowest BCUT2D eigenvalue weighted by Gasteiger charge is -2.27. The Bertz CT molecular complexity index is 731. The molecule has 1 fully saturated rings. The van der Waals surface area contributed by atoms with Gasteiger partial charge < -0.3 is 10.2 Å². The van der Waals surface area contributed by atoms with E-state index >= 15 is 0 Å². The molecule has 3 heterocycles. The van der Waals surface area contributed by atoms with Crippen LogP contribution in [0.1, 0.15) is 44.1 Å². The first-order valence-electron chi connectivity index (χ1n) is 8.38. The van der Waals surface area contributed by atoms with E-state index < -0.39 is 0 Å². The lowest BCUT2D eigenvalue weighted by molar-refractivity contribution is -0.135. The molecule has 0 saturated carbocycles. The highest BCUT2D eigenvalue weighted by Gasteiger charge is 2.33. The molecule has 2 aromatic rings. The summed E-state index contributed by atoms with van der Waals surface area (Å²) >= 11 is 0. The summed E-state index contributed by atoms with van der Waals surface area (Å²) in [5, 5.41) is 3.26. The minimum atomic E-state index is -0.0269. The average Bonchev–Trinajstić information content (AvgIpc) is 3.04. The average molecular weight is 325 g/mol. The molecule has 1 atom stereocenters. The van der Waals surface area contributed by atoms with Crippen LogP contribution in [0.15, 0.2) is 30.6 Å². The van der Waals surface area contributed by atoms with Crippen LogP contribution in [0.4, 0.5) is 11.6 Å². The van der Waals surface area contributed by atoms with Crippen LogP contribution in [0.5, 0.6) is 0 Å². The van der Waals surface area contributed by atoms with Gasteiger partial charge in [-0.3, -0.25) is 9.78 Å². The Hall–Kier alpha value is -2.50. The van der Waals surface area contributed by atoms with Crippen LogP contribution in [0.3, 0.4) is 0 Å². The summed E-state index contributed by atoms with van der Waals surface area (Å²) in [7, 11) is 0. The van der Waals surface area contributed by atoms with Gasteiger partial charge in [-0.2, -0.15) is 0 Å². The minimum Gasteiger partial charge on any atom is -0.334 e. The van der Waals surface area contributed by atoms with Gasteiger partial charge in [-0.1, -0.05) is 19.9 Å². The van der Waals surface area contributed by atoms with E-state index in [0.717, 1.165) is 36.6 Å². The van der Waals surface area contributed by atoms with E-state index in [9.17, 15) is 4.79 Å². The molecule has 126 valence electrons. The summed E-state index contributed by atoms with van der Waals surface area (Å²) in [5.74, 6) is 1.56. The van der Waals surface area contributed by atoms with E-state index in [2.05, 4.69) is 20.3 Å². The lowest BCUT2D eigenvalue weighted by atomic mass is 10.1. The number of amides is 1. The molecule has 3 rings (SSSR count). The van der Waals surface area contributed by atoms with Crippen molar-refractivity contribution in [1.29, 1.82) is 0 Å². The quantitative estimate of drug-likeness (QED) is 0.934. The predicted molar refractivity (Wildman–Crippen MR) is 92.8 cm³/mol. The van der Waals surface area contributed by atoms with Gasteiger partial charge in [0, 0.05) is 30.6 Å². The van der Waals surface area contributed by atoms with Crippen molar-refractivity contribution in [3.05, 3.63) is 42.0 Å². The second-order valence-electron chi connectivity index (χ2n) is 6.42. The van der Waals surface area contributed by atoms with Crippen molar-refractivity contribution in [2.45, 2.75) is 39.7 Å². The summed E-state index contributed by atoms with van der Waals surface area (Å²) < 4.78 is 0. The van der Waals surface area contributed by atoms with Crippen LogP contribution in [0, 0.1) is 12.8 Å². The molecule has 0 aliphatic carbocycles. The van der Waals surface area contributed by atoms with E-state index in [0.29, 0.717) is 5.82 Å². The topological polar surface area (TPSA) is 71.0 Å².